The Labute approximate surface area is 126 Å². The molecule has 1 aliphatic heterocycles. The molecule has 0 aromatic heterocycles. The van der Waals surface area contributed by atoms with E-state index >= 15 is 0 Å². The number of hydrogen-bond acceptors (Lipinski definition) is 5. The fourth-order valence-corrected chi connectivity index (χ4v) is 3.04. The van der Waals surface area contributed by atoms with E-state index in [0.717, 1.165) is 45.1 Å². The second-order valence-electron chi connectivity index (χ2n) is 5.19. The van der Waals surface area contributed by atoms with Crippen molar-refractivity contribution in [3.05, 3.63) is 24.3 Å². The molecule has 6 nitrogen and oxygen atoms in total. The third-order valence-electron chi connectivity index (χ3n) is 3.49. The van der Waals surface area contributed by atoms with Crippen LogP contribution >= 0.6 is 0 Å². The Morgan fingerprint density at radius 2 is 1.81 bits per heavy atom. The third-order valence-corrected chi connectivity index (χ3v) is 5.32. The van der Waals surface area contributed by atoms with Crippen molar-refractivity contribution in [2.24, 2.45) is 0 Å². The number of anilines is 1. The molecule has 0 saturated carbocycles. The van der Waals surface area contributed by atoms with Gasteiger partial charge in [0.1, 0.15) is 0 Å². The fourth-order valence-electron chi connectivity index (χ4n) is 2.14. The van der Waals surface area contributed by atoms with Crippen LogP contribution in [0, 0.1) is 0 Å². The summed E-state index contributed by atoms with van der Waals surface area (Å²) >= 11 is 0. The maximum absolute atomic E-state index is 12.0. The Hall–Kier alpha value is -1.15. The zero-order valence-corrected chi connectivity index (χ0v) is 13.4. The molecular weight excluding hydrogens is 290 g/mol. The number of ether oxygens (including phenoxy) is 1. The summed E-state index contributed by atoms with van der Waals surface area (Å²) in [6, 6.07) is 6.87. The molecule has 0 spiro atoms. The molecule has 0 aliphatic carbocycles. The Morgan fingerprint density at radius 3 is 2.38 bits per heavy atom. The van der Waals surface area contributed by atoms with Gasteiger partial charge in [0.05, 0.1) is 18.1 Å². The van der Waals surface area contributed by atoms with Crippen molar-refractivity contribution in [2.45, 2.75) is 4.90 Å². The summed E-state index contributed by atoms with van der Waals surface area (Å²) in [6.07, 6.45) is 0. The van der Waals surface area contributed by atoms with Crippen molar-refractivity contribution in [3.63, 3.8) is 0 Å². The summed E-state index contributed by atoms with van der Waals surface area (Å²) < 4.78 is 30.4. The number of morpholine rings is 1. The Kier molecular flexibility index (Phi) is 5.58. The van der Waals surface area contributed by atoms with Gasteiger partial charge in [0.15, 0.2) is 0 Å². The lowest BCUT2D eigenvalue weighted by Crippen LogP contribution is -2.39. The van der Waals surface area contributed by atoms with Crippen LogP contribution in [0.25, 0.3) is 0 Å². The highest BCUT2D eigenvalue weighted by Crippen LogP contribution is 2.16. The van der Waals surface area contributed by atoms with Crippen LogP contribution in [0.15, 0.2) is 29.2 Å². The molecule has 21 heavy (non-hydrogen) atoms. The van der Waals surface area contributed by atoms with Gasteiger partial charge in [0.2, 0.25) is 10.0 Å². The van der Waals surface area contributed by atoms with Gasteiger partial charge in [0, 0.05) is 46.0 Å². The van der Waals surface area contributed by atoms with Gasteiger partial charge in [0.25, 0.3) is 0 Å². The quantitative estimate of drug-likeness (QED) is 0.837. The van der Waals surface area contributed by atoms with E-state index in [-0.39, 0.29) is 0 Å². The van der Waals surface area contributed by atoms with E-state index in [4.69, 9.17) is 4.74 Å². The molecule has 0 unspecified atom stereocenters. The molecular formula is C14H23N3O3S. The standard InChI is InChI=1S/C14H23N3O3S/c1-16(2)21(18,19)14-5-3-13(4-6-14)15-7-8-17-9-11-20-12-10-17/h3-6,15H,7-12H2,1-2H3. The average Bonchev–Trinajstić information content (AvgIpc) is 2.49. The first-order valence-corrected chi connectivity index (χ1v) is 8.51. The van der Waals surface area contributed by atoms with E-state index in [1.54, 1.807) is 24.3 Å². The molecule has 1 aliphatic rings. The van der Waals surface area contributed by atoms with Crippen LogP contribution in [0.4, 0.5) is 5.69 Å². The van der Waals surface area contributed by atoms with Crippen molar-refractivity contribution in [3.8, 4) is 0 Å². The predicted octanol–water partition coefficient (Wildman–Crippen LogP) is 0.681. The maximum atomic E-state index is 12.0. The van der Waals surface area contributed by atoms with Crippen LogP contribution in [0.5, 0.6) is 0 Å². The van der Waals surface area contributed by atoms with Crippen LogP contribution in [-0.4, -0.2) is 71.1 Å². The largest absolute Gasteiger partial charge is 0.384 e. The van der Waals surface area contributed by atoms with Gasteiger partial charge in [-0.1, -0.05) is 0 Å². The number of hydrogen-bond donors (Lipinski definition) is 1. The lowest BCUT2D eigenvalue weighted by atomic mass is 10.3. The van der Waals surface area contributed by atoms with E-state index in [9.17, 15) is 8.42 Å². The molecule has 1 heterocycles. The van der Waals surface area contributed by atoms with Gasteiger partial charge in [-0.25, -0.2) is 12.7 Å². The highest BCUT2D eigenvalue weighted by molar-refractivity contribution is 7.89. The van der Waals surface area contributed by atoms with Gasteiger partial charge in [-0.15, -0.1) is 0 Å². The summed E-state index contributed by atoms with van der Waals surface area (Å²) in [4.78, 5) is 2.66. The Bertz CT molecular complexity index is 537. The first kappa shape index (κ1) is 16.2. The summed E-state index contributed by atoms with van der Waals surface area (Å²) in [5, 5.41) is 3.31. The van der Waals surface area contributed by atoms with Crippen LogP contribution < -0.4 is 5.32 Å². The fraction of sp³-hybridized carbons (Fsp3) is 0.571. The topological polar surface area (TPSA) is 61.9 Å². The van der Waals surface area contributed by atoms with Crippen molar-refractivity contribution in [1.82, 2.24) is 9.21 Å². The van der Waals surface area contributed by atoms with Crippen molar-refractivity contribution < 1.29 is 13.2 Å². The van der Waals surface area contributed by atoms with E-state index < -0.39 is 10.0 Å². The minimum atomic E-state index is -3.35. The second kappa shape index (κ2) is 7.22. The van der Waals surface area contributed by atoms with Gasteiger partial charge < -0.3 is 10.1 Å². The lowest BCUT2D eigenvalue weighted by Gasteiger charge is -2.26. The molecule has 1 aromatic rings. The maximum Gasteiger partial charge on any atom is 0.242 e. The normalized spacial score (nSPS) is 17.1. The van der Waals surface area contributed by atoms with E-state index in [2.05, 4.69) is 10.2 Å². The third kappa shape index (κ3) is 4.41. The van der Waals surface area contributed by atoms with E-state index in [1.165, 1.54) is 18.4 Å². The number of rotatable bonds is 6. The van der Waals surface area contributed by atoms with Gasteiger partial charge >= 0.3 is 0 Å². The molecule has 1 N–H and O–H groups in total. The summed E-state index contributed by atoms with van der Waals surface area (Å²) in [5.74, 6) is 0. The molecule has 7 heteroatoms. The smallest absolute Gasteiger partial charge is 0.242 e. The molecule has 0 atom stereocenters. The summed E-state index contributed by atoms with van der Waals surface area (Å²) in [7, 11) is -0.285. The predicted molar refractivity (Wildman–Crippen MR) is 83.1 cm³/mol. The molecule has 1 saturated heterocycles. The molecule has 1 aromatic carbocycles. The zero-order valence-electron chi connectivity index (χ0n) is 12.6. The highest BCUT2D eigenvalue weighted by atomic mass is 32.2. The summed E-state index contributed by atoms with van der Waals surface area (Å²) in [5.41, 5.74) is 0.931. The van der Waals surface area contributed by atoms with E-state index in [1.807, 2.05) is 0 Å². The first-order chi connectivity index (χ1) is 10.00. The van der Waals surface area contributed by atoms with Crippen molar-refractivity contribution in [1.29, 1.82) is 0 Å². The number of sulfonamides is 1. The van der Waals surface area contributed by atoms with Gasteiger partial charge in [-0.05, 0) is 24.3 Å². The number of benzene rings is 1. The van der Waals surface area contributed by atoms with Gasteiger partial charge in [-0.3, -0.25) is 4.90 Å². The number of nitrogens with one attached hydrogen (secondary N) is 1. The van der Waals surface area contributed by atoms with Crippen molar-refractivity contribution in [2.75, 3.05) is 58.8 Å². The van der Waals surface area contributed by atoms with Crippen LogP contribution in [0.1, 0.15) is 0 Å². The number of nitrogens with zero attached hydrogens (tertiary/aromatic N) is 2. The van der Waals surface area contributed by atoms with E-state index in [0.29, 0.717) is 4.90 Å². The molecule has 1 fully saturated rings. The highest BCUT2D eigenvalue weighted by Gasteiger charge is 2.16. The van der Waals surface area contributed by atoms with Crippen molar-refractivity contribution >= 4 is 15.7 Å². The van der Waals surface area contributed by atoms with Crippen LogP contribution in [-0.2, 0) is 14.8 Å². The zero-order chi connectivity index (χ0) is 15.3. The Morgan fingerprint density at radius 1 is 1.19 bits per heavy atom. The van der Waals surface area contributed by atoms with Gasteiger partial charge in [-0.2, -0.15) is 0 Å². The molecule has 118 valence electrons. The molecule has 0 amide bonds. The second-order valence-corrected chi connectivity index (χ2v) is 7.34. The van der Waals surface area contributed by atoms with Crippen LogP contribution in [0.3, 0.4) is 0 Å². The Balaban J connectivity index is 1.85. The van der Waals surface area contributed by atoms with Crippen LogP contribution in [0.2, 0.25) is 0 Å². The minimum absolute atomic E-state index is 0.311. The summed E-state index contributed by atoms with van der Waals surface area (Å²) in [6.45, 7) is 5.35. The molecule has 2 rings (SSSR count). The monoisotopic (exact) mass is 313 g/mol. The first-order valence-electron chi connectivity index (χ1n) is 7.07. The SMILES string of the molecule is CN(C)S(=O)(=O)c1ccc(NCCN2CCOCC2)cc1. The average molecular weight is 313 g/mol. The minimum Gasteiger partial charge on any atom is -0.384 e. The lowest BCUT2D eigenvalue weighted by molar-refractivity contribution is 0.0398. The molecule has 0 radical (unpaired) electrons. The molecule has 0 bridgehead atoms.